The lowest BCUT2D eigenvalue weighted by Gasteiger charge is -2.26. The molecule has 2 fully saturated rings. The number of hydrogen-bond acceptors (Lipinski definition) is 8. The number of nitrogens with two attached hydrogens (primary N) is 1. The number of nitrogens with one attached hydrogen (secondary N) is 2. The van der Waals surface area contributed by atoms with E-state index >= 15 is 0 Å². The second-order valence-corrected chi connectivity index (χ2v) is 9.93. The molecule has 11 heteroatoms. The minimum atomic E-state index is -1.01. The van der Waals surface area contributed by atoms with E-state index in [0.717, 1.165) is 17.9 Å². The van der Waals surface area contributed by atoms with Gasteiger partial charge in [0, 0.05) is 37.4 Å². The fourth-order valence-electron chi connectivity index (χ4n) is 3.27. The van der Waals surface area contributed by atoms with Gasteiger partial charge in [0.25, 0.3) is 0 Å². The molecule has 0 aromatic carbocycles. The van der Waals surface area contributed by atoms with Gasteiger partial charge in [-0.25, -0.2) is 5.48 Å². The number of amides is 3. The van der Waals surface area contributed by atoms with E-state index in [1.807, 2.05) is 0 Å². The van der Waals surface area contributed by atoms with E-state index in [9.17, 15) is 19.5 Å². The molecule has 0 aromatic heterocycles. The third-order valence-electron chi connectivity index (χ3n) is 4.71. The Morgan fingerprint density at radius 3 is 2.56 bits per heavy atom. The molecule has 2 saturated heterocycles. The van der Waals surface area contributed by atoms with Crippen LogP contribution >= 0.6 is 23.5 Å². The normalized spacial score (nSPS) is 22.0. The molecule has 2 heterocycles. The Kier molecular flexibility index (Phi) is 8.67. The van der Waals surface area contributed by atoms with E-state index in [0.29, 0.717) is 32.4 Å². The number of carbonyl (C=O) groups is 3. The number of likely N-dealkylation sites (tertiary alicyclic amines) is 1. The van der Waals surface area contributed by atoms with Gasteiger partial charge in [0.05, 0.1) is 10.7 Å². The summed E-state index contributed by atoms with van der Waals surface area (Å²) in [6.07, 6.45) is 2.89. The van der Waals surface area contributed by atoms with Crippen molar-refractivity contribution in [1.29, 1.82) is 0 Å². The van der Waals surface area contributed by atoms with Crippen LogP contribution in [0, 0.1) is 0 Å². The lowest BCUT2D eigenvalue weighted by molar-refractivity contribution is -0.140. The number of aliphatic hydroxyl groups excluding tert-OH is 1. The van der Waals surface area contributed by atoms with Gasteiger partial charge in [0.15, 0.2) is 0 Å². The quantitative estimate of drug-likeness (QED) is 0.186. The number of hydrogen-bond donors (Lipinski definition) is 5. The standard InChI is InChI=1S/C16H28N4O5S2/c17-11(9-21)15(24)20-10-16(26-6-7-27-16)8-12(20)14(23)18-5-3-1-2-4-13(22)19-25/h11-12,21,25H,1-10,17H2,(H,18,23)(H,19,22)/t11-,12-/m0/s1. The maximum Gasteiger partial charge on any atom is 0.243 e. The van der Waals surface area contributed by atoms with Crippen molar-refractivity contribution in [3.8, 4) is 0 Å². The number of carbonyl (C=O) groups excluding carboxylic acids is 3. The summed E-state index contributed by atoms with van der Waals surface area (Å²) in [5, 5.41) is 20.5. The van der Waals surface area contributed by atoms with Crippen LogP contribution < -0.4 is 16.5 Å². The van der Waals surface area contributed by atoms with Crippen molar-refractivity contribution in [2.45, 2.75) is 48.3 Å². The molecule has 3 amide bonds. The molecule has 1 spiro atoms. The zero-order valence-corrected chi connectivity index (χ0v) is 16.8. The largest absolute Gasteiger partial charge is 0.394 e. The van der Waals surface area contributed by atoms with Gasteiger partial charge in [-0.1, -0.05) is 6.42 Å². The Hall–Kier alpha value is -1.01. The summed E-state index contributed by atoms with van der Waals surface area (Å²) in [5.41, 5.74) is 7.29. The molecule has 2 aliphatic heterocycles. The predicted molar refractivity (Wildman–Crippen MR) is 104 cm³/mol. The molecule has 6 N–H and O–H groups in total. The lowest BCUT2D eigenvalue weighted by Crippen LogP contribution is -2.52. The molecule has 27 heavy (non-hydrogen) atoms. The SMILES string of the molecule is N[C@@H](CO)C(=O)N1CC2(C[C@H]1C(=O)NCCCCCC(=O)NO)SCCS2. The van der Waals surface area contributed by atoms with Crippen LogP contribution in [0.1, 0.15) is 32.1 Å². The molecule has 154 valence electrons. The minimum Gasteiger partial charge on any atom is -0.394 e. The highest BCUT2D eigenvalue weighted by atomic mass is 32.2. The third-order valence-corrected chi connectivity index (χ3v) is 8.14. The average molecular weight is 421 g/mol. The van der Waals surface area contributed by atoms with Gasteiger partial charge in [-0.15, -0.1) is 23.5 Å². The molecule has 0 bridgehead atoms. The summed E-state index contributed by atoms with van der Waals surface area (Å²) >= 11 is 3.56. The zero-order valence-electron chi connectivity index (χ0n) is 15.2. The summed E-state index contributed by atoms with van der Waals surface area (Å²) in [6.45, 7) is 0.471. The van der Waals surface area contributed by atoms with Gasteiger partial charge in [0.1, 0.15) is 12.1 Å². The molecule has 2 aliphatic rings. The van der Waals surface area contributed by atoms with Crippen LogP contribution in [0.2, 0.25) is 0 Å². The van der Waals surface area contributed by atoms with Gasteiger partial charge in [0.2, 0.25) is 17.7 Å². The van der Waals surface area contributed by atoms with Gasteiger partial charge < -0.3 is 21.1 Å². The van der Waals surface area contributed by atoms with Crippen molar-refractivity contribution >= 4 is 41.2 Å². The lowest BCUT2D eigenvalue weighted by atomic mass is 10.1. The Bertz CT molecular complexity index is 545. The summed E-state index contributed by atoms with van der Waals surface area (Å²) in [7, 11) is 0. The van der Waals surface area contributed by atoms with Crippen LogP contribution in [-0.4, -0.2) is 80.3 Å². The molecule has 9 nitrogen and oxygen atoms in total. The van der Waals surface area contributed by atoms with Crippen LogP contribution in [0.3, 0.4) is 0 Å². The van der Waals surface area contributed by atoms with E-state index in [1.165, 1.54) is 4.90 Å². The first kappa shape index (κ1) is 22.3. The molecule has 0 saturated carbocycles. The van der Waals surface area contributed by atoms with E-state index in [1.54, 1.807) is 29.0 Å². The van der Waals surface area contributed by atoms with Crippen molar-refractivity contribution in [2.75, 3.05) is 31.2 Å². The second-order valence-electron chi connectivity index (χ2n) is 6.72. The van der Waals surface area contributed by atoms with Gasteiger partial charge in [-0.05, 0) is 12.8 Å². The number of unbranched alkanes of at least 4 members (excludes halogenated alkanes) is 2. The van der Waals surface area contributed by atoms with Crippen molar-refractivity contribution < 1.29 is 24.7 Å². The van der Waals surface area contributed by atoms with Crippen molar-refractivity contribution in [3.63, 3.8) is 0 Å². The maximum absolute atomic E-state index is 12.7. The van der Waals surface area contributed by atoms with E-state index in [2.05, 4.69) is 5.32 Å². The Labute approximate surface area is 167 Å². The minimum absolute atomic E-state index is 0.162. The number of nitrogens with zero attached hydrogens (tertiary/aromatic N) is 1. The summed E-state index contributed by atoms with van der Waals surface area (Å²) in [6, 6.07) is -1.59. The molecular formula is C16H28N4O5S2. The molecular weight excluding hydrogens is 392 g/mol. The maximum atomic E-state index is 12.7. The van der Waals surface area contributed by atoms with E-state index in [-0.39, 0.29) is 16.4 Å². The second kappa shape index (κ2) is 10.5. The average Bonchev–Trinajstić information content (AvgIpc) is 3.30. The molecule has 0 radical (unpaired) electrons. The topological polar surface area (TPSA) is 145 Å². The fraction of sp³-hybridized carbons (Fsp3) is 0.812. The van der Waals surface area contributed by atoms with Crippen molar-refractivity contribution in [3.05, 3.63) is 0 Å². The predicted octanol–water partition coefficient (Wildman–Crippen LogP) is -0.735. The van der Waals surface area contributed by atoms with Crippen molar-refractivity contribution in [1.82, 2.24) is 15.7 Å². The molecule has 0 aliphatic carbocycles. The Morgan fingerprint density at radius 1 is 1.22 bits per heavy atom. The summed E-state index contributed by atoms with van der Waals surface area (Å²) in [4.78, 5) is 37.6. The van der Waals surface area contributed by atoms with Crippen LogP contribution in [0.25, 0.3) is 0 Å². The Morgan fingerprint density at radius 2 is 1.93 bits per heavy atom. The number of rotatable bonds is 9. The molecule has 0 unspecified atom stereocenters. The zero-order chi connectivity index (χ0) is 19.9. The van der Waals surface area contributed by atoms with Crippen LogP contribution in [0.5, 0.6) is 0 Å². The first-order valence-corrected chi connectivity index (χ1v) is 11.0. The first-order chi connectivity index (χ1) is 12.9. The highest BCUT2D eigenvalue weighted by Crippen LogP contribution is 2.51. The van der Waals surface area contributed by atoms with Crippen LogP contribution in [0.4, 0.5) is 0 Å². The smallest absolute Gasteiger partial charge is 0.243 e. The fourth-order valence-corrected chi connectivity index (χ4v) is 6.53. The highest BCUT2D eigenvalue weighted by Gasteiger charge is 2.51. The number of aliphatic hydroxyl groups is 1. The van der Waals surface area contributed by atoms with E-state index in [4.69, 9.17) is 10.9 Å². The third kappa shape index (κ3) is 5.98. The molecule has 0 aromatic rings. The van der Waals surface area contributed by atoms with Crippen LogP contribution in [0.15, 0.2) is 0 Å². The number of thioether (sulfide) groups is 2. The Balaban J connectivity index is 1.85. The first-order valence-electron chi connectivity index (χ1n) is 9.08. The van der Waals surface area contributed by atoms with Crippen molar-refractivity contribution in [2.24, 2.45) is 5.73 Å². The van der Waals surface area contributed by atoms with Gasteiger partial charge in [-0.3, -0.25) is 19.6 Å². The van der Waals surface area contributed by atoms with Crippen LogP contribution in [-0.2, 0) is 14.4 Å². The monoisotopic (exact) mass is 420 g/mol. The summed E-state index contributed by atoms with van der Waals surface area (Å²) < 4.78 is -0.162. The van der Waals surface area contributed by atoms with E-state index < -0.39 is 30.5 Å². The number of hydroxylamine groups is 1. The van der Waals surface area contributed by atoms with Gasteiger partial charge in [-0.2, -0.15) is 0 Å². The highest BCUT2D eigenvalue weighted by molar-refractivity contribution is 8.21. The molecule has 2 rings (SSSR count). The summed E-state index contributed by atoms with van der Waals surface area (Å²) in [5.74, 6) is 0.976. The van der Waals surface area contributed by atoms with Gasteiger partial charge >= 0.3 is 0 Å². The molecule has 2 atom stereocenters.